The Morgan fingerprint density at radius 1 is 1.67 bits per heavy atom. The van der Waals surface area contributed by atoms with Gasteiger partial charge in [0.15, 0.2) is 0 Å². The summed E-state index contributed by atoms with van der Waals surface area (Å²) >= 11 is 1.46. The maximum absolute atomic E-state index is 11.6. The van der Waals surface area contributed by atoms with E-state index in [0.29, 0.717) is 0 Å². The van der Waals surface area contributed by atoms with Gasteiger partial charge in [0.1, 0.15) is 11.6 Å². The molecule has 1 unspecified atom stereocenters. The van der Waals surface area contributed by atoms with Gasteiger partial charge in [-0.25, -0.2) is 4.79 Å². The summed E-state index contributed by atoms with van der Waals surface area (Å²) in [7, 11) is 1.43. The van der Waals surface area contributed by atoms with Crippen LogP contribution in [0.25, 0.3) is 0 Å². The van der Waals surface area contributed by atoms with Crippen molar-refractivity contribution in [2.45, 2.75) is 25.3 Å². The molecule has 0 bridgehead atoms. The van der Waals surface area contributed by atoms with Crippen LogP contribution < -0.4 is 4.90 Å². The van der Waals surface area contributed by atoms with E-state index in [1.807, 2.05) is 4.90 Å². The van der Waals surface area contributed by atoms with Crippen LogP contribution in [-0.4, -0.2) is 35.9 Å². The van der Waals surface area contributed by atoms with Crippen LogP contribution in [0.5, 0.6) is 0 Å². The number of hydrogen-bond acceptors (Lipinski definition) is 6. The van der Waals surface area contributed by atoms with Gasteiger partial charge in [-0.3, -0.25) is 0 Å². The van der Waals surface area contributed by atoms with Crippen molar-refractivity contribution in [2.75, 3.05) is 18.6 Å². The normalized spacial score (nSPS) is 21.4. The third-order valence-corrected chi connectivity index (χ3v) is 3.30. The number of hydrogen-bond donors (Lipinski definition) is 0. The van der Waals surface area contributed by atoms with Gasteiger partial charge in [0.25, 0.3) is 0 Å². The molecule has 1 fully saturated rings. The van der Waals surface area contributed by atoms with Gasteiger partial charge in [-0.1, -0.05) is 11.3 Å². The Bertz CT molecular complexity index is 328. The molecule has 0 aliphatic carbocycles. The van der Waals surface area contributed by atoms with E-state index >= 15 is 0 Å². The Morgan fingerprint density at radius 2 is 2.53 bits per heavy atom. The van der Waals surface area contributed by atoms with Crippen molar-refractivity contribution >= 4 is 22.4 Å². The van der Waals surface area contributed by atoms with Crippen LogP contribution in [-0.2, 0) is 9.53 Å². The minimum atomic E-state index is -0.184. The molecule has 0 spiro atoms. The molecule has 1 saturated heterocycles. The first-order valence-electron chi connectivity index (χ1n) is 4.93. The molecule has 0 saturated carbocycles. The molecular formula is C9H13N3O2S. The summed E-state index contributed by atoms with van der Waals surface area (Å²) in [5.41, 5.74) is 1.68. The Morgan fingerprint density at radius 3 is 3.20 bits per heavy atom. The lowest BCUT2D eigenvalue weighted by atomic mass is 10.0. The second kappa shape index (κ2) is 4.57. The number of ether oxygens (including phenoxy) is 1. The maximum Gasteiger partial charge on any atom is 0.328 e. The van der Waals surface area contributed by atoms with Crippen molar-refractivity contribution in [3.8, 4) is 0 Å². The summed E-state index contributed by atoms with van der Waals surface area (Å²) < 4.78 is 4.79. The highest BCUT2D eigenvalue weighted by molar-refractivity contribution is 7.13. The molecule has 0 aromatic carbocycles. The van der Waals surface area contributed by atoms with Gasteiger partial charge >= 0.3 is 5.97 Å². The number of esters is 1. The van der Waals surface area contributed by atoms with E-state index in [1.54, 1.807) is 5.51 Å². The molecule has 1 aliphatic heterocycles. The fourth-order valence-corrected chi connectivity index (χ4v) is 2.47. The lowest BCUT2D eigenvalue weighted by Crippen LogP contribution is -2.45. The third kappa shape index (κ3) is 2.09. The van der Waals surface area contributed by atoms with Gasteiger partial charge in [0.2, 0.25) is 5.13 Å². The lowest BCUT2D eigenvalue weighted by Gasteiger charge is -2.32. The average molecular weight is 227 g/mol. The van der Waals surface area contributed by atoms with E-state index in [1.165, 1.54) is 18.4 Å². The Balaban J connectivity index is 2.16. The Hall–Kier alpha value is -1.17. The molecule has 1 aromatic rings. The first-order chi connectivity index (χ1) is 7.33. The van der Waals surface area contributed by atoms with E-state index in [0.717, 1.165) is 30.9 Å². The van der Waals surface area contributed by atoms with Crippen LogP contribution >= 0.6 is 11.3 Å². The molecule has 1 aromatic heterocycles. The molecule has 2 rings (SSSR count). The number of carbonyl (C=O) groups is 1. The summed E-state index contributed by atoms with van der Waals surface area (Å²) in [4.78, 5) is 13.6. The zero-order valence-corrected chi connectivity index (χ0v) is 9.37. The van der Waals surface area contributed by atoms with Crippen LogP contribution in [0.1, 0.15) is 19.3 Å². The smallest absolute Gasteiger partial charge is 0.328 e. The topological polar surface area (TPSA) is 55.3 Å². The summed E-state index contributed by atoms with van der Waals surface area (Å²) in [5.74, 6) is -0.176. The Kier molecular flexibility index (Phi) is 3.15. The van der Waals surface area contributed by atoms with Gasteiger partial charge in [-0.05, 0) is 19.3 Å². The van der Waals surface area contributed by atoms with Gasteiger partial charge in [-0.2, -0.15) is 0 Å². The highest BCUT2D eigenvalue weighted by atomic mass is 32.1. The molecule has 6 heteroatoms. The van der Waals surface area contributed by atoms with E-state index in [-0.39, 0.29) is 12.0 Å². The second-order valence-electron chi connectivity index (χ2n) is 3.45. The number of piperidine rings is 1. The quantitative estimate of drug-likeness (QED) is 0.707. The van der Waals surface area contributed by atoms with Crippen molar-refractivity contribution in [1.29, 1.82) is 0 Å². The number of anilines is 1. The van der Waals surface area contributed by atoms with E-state index in [2.05, 4.69) is 10.2 Å². The predicted molar refractivity (Wildman–Crippen MR) is 56.9 cm³/mol. The maximum atomic E-state index is 11.6. The fraction of sp³-hybridized carbons (Fsp3) is 0.667. The zero-order chi connectivity index (χ0) is 10.7. The zero-order valence-electron chi connectivity index (χ0n) is 8.55. The molecular weight excluding hydrogens is 214 g/mol. The van der Waals surface area contributed by atoms with Crippen LogP contribution in [0.4, 0.5) is 5.13 Å². The van der Waals surface area contributed by atoms with Crippen molar-refractivity contribution in [2.24, 2.45) is 0 Å². The fourth-order valence-electron chi connectivity index (χ4n) is 1.83. The number of rotatable bonds is 2. The van der Waals surface area contributed by atoms with Crippen molar-refractivity contribution in [3.05, 3.63) is 5.51 Å². The molecule has 2 heterocycles. The van der Waals surface area contributed by atoms with Crippen LogP contribution in [0.3, 0.4) is 0 Å². The summed E-state index contributed by atoms with van der Waals surface area (Å²) in [6.45, 7) is 0.856. The number of aromatic nitrogens is 2. The molecule has 1 aliphatic rings. The van der Waals surface area contributed by atoms with Crippen molar-refractivity contribution in [3.63, 3.8) is 0 Å². The highest BCUT2D eigenvalue weighted by Crippen LogP contribution is 2.26. The molecule has 0 N–H and O–H groups in total. The standard InChI is InChI=1S/C9H13N3O2S/c1-14-8(13)7-4-2-3-5-12(7)9-11-10-6-15-9/h6-7H,2-5H2,1H3. The first kappa shape index (κ1) is 10.4. The molecule has 5 nitrogen and oxygen atoms in total. The Labute approximate surface area is 92.1 Å². The summed E-state index contributed by atoms with van der Waals surface area (Å²) in [6.07, 6.45) is 2.99. The number of nitrogens with zero attached hydrogens (tertiary/aromatic N) is 3. The SMILES string of the molecule is COC(=O)C1CCCCN1c1nncs1. The largest absolute Gasteiger partial charge is 0.467 e. The average Bonchev–Trinajstić information content (AvgIpc) is 2.81. The minimum absolute atomic E-state index is 0.176. The van der Waals surface area contributed by atoms with Crippen LogP contribution in [0, 0.1) is 0 Å². The van der Waals surface area contributed by atoms with Crippen molar-refractivity contribution in [1.82, 2.24) is 10.2 Å². The van der Waals surface area contributed by atoms with Gasteiger partial charge in [0.05, 0.1) is 7.11 Å². The monoisotopic (exact) mass is 227 g/mol. The van der Waals surface area contributed by atoms with E-state index in [4.69, 9.17) is 4.74 Å². The predicted octanol–water partition coefficient (Wildman–Crippen LogP) is 1.07. The van der Waals surface area contributed by atoms with Gasteiger partial charge in [-0.15, -0.1) is 10.2 Å². The minimum Gasteiger partial charge on any atom is -0.467 e. The summed E-state index contributed by atoms with van der Waals surface area (Å²) in [6, 6.07) is -0.184. The molecule has 0 amide bonds. The number of methoxy groups -OCH3 is 1. The van der Waals surface area contributed by atoms with Crippen molar-refractivity contribution < 1.29 is 9.53 Å². The molecule has 15 heavy (non-hydrogen) atoms. The van der Waals surface area contributed by atoms with Gasteiger partial charge in [0, 0.05) is 6.54 Å². The van der Waals surface area contributed by atoms with Crippen LogP contribution in [0.15, 0.2) is 5.51 Å². The summed E-state index contributed by atoms with van der Waals surface area (Å²) in [5, 5.41) is 8.60. The highest BCUT2D eigenvalue weighted by Gasteiger charge is 2.31. The lowest BCUT2D eigenvalue weighted by molar-refractivity contribution is -0.142. The van der Waals surface area contributed by atoms with E-state index < -0.39 is 0 Å². The molecule has 1 atom stereocenters. The third-order valence-electron chi connectivity index (χ3n) is 2.57. The molecule has 0 radical (unpaired) electrons. The second-order valence-corrected chi connectivity index (χ2v) is 4.26. The molecule has 82 valence electrons. The van der Waals surface area contributed by atoms with E-state index in [9.17, 15) is 4.79 Å². The number of carbonyl (C=O) groups excluding carboxylic acids is 1. The van der Waals surface area contributed by atoms with Crippen LogP contribution in [0.2, 0.25) is 0 Å². The first-order valence-corrected chi connectivity index (χ1v) is 5.81. The van der Waals surface area contributed by atoms with Gasteiger partial charge < -0.3 is 9.64 Å².